The molecule has 0 fully saturated rings. The number of fused-ring (bicyclic) bond motifs is 2. The van der Waals surface area contributed by atoms with Gasteiger partial charge in [-0.15, -0.1) is 0 Å². The fourth-order valence-corrected chi connectivity index (χ4v) is 4.17. The molecule has 0 aliphatic carbocycles. The van der Waals surface area contributed by atoms with Crippen molar-refractivity contribution in [2.45, 2.75) is 26.0 Å². The topological polar surface area (TPSA) is 62.1 Å². The van der Waals surface area contributed by atoms with Gasteiger partial charge in [-0.3, -0.25) is 4.79 Å². The number of rotatable bonds is 4. The predicted octanol–water partition coefficient (Wildman–Crippen LogP) is 3.39. The molecule has 1 aliphatic heterocycles. The Morgan fingerprint density at radius 2 is 2.07 bits per heavy atom. The number of hydrogen-bond donors (Lipinski definition) is 0. The van der Waals surface area contributed by atoms with Crippen molar-refractivity contribution in [1.82, 2.24) is 4.57 Å². The van der Waals surface area contributed by atoms with Gasteiger partial charge >= 0.3 is 0 Å². The average Bonchev–Trinajstić information content (AvgIpc) is 3.05. The molecule has 1 atom stereocenters. The van der Waals surface area contributed by atoms with Gasteiger partial charge in [0.25, 0.3) is 5.91 Å². The van der Waals surface area contributed by atoms with Gasteiger partial charge in [0.1, 0.15) is 17.9 Å². The van der Waals surface area contributed by atoms with E-state index in [-0.39, 0.29) is 12.5 Å². The minimum absolute atomic E-state index is 0.154. The largest absolute Gasteiger partial charge is 0.495 e. The summed E-state index contributed by atoms with van der Waals surface area (Å²) in [6, 6.07) is 13.2. The number of methoxy groups -OCH3 is 1. The van der Waals surface area contributed by atoms with Crippen LogP contribution < -0.4 is 19.0 Å². The lowest BCUT2D eigenvalue weighted by Crippen LogP contribution is -2.36. The van der Waals surface area contributed by atoms with E-state index in [2.05, 4.69) is 11.9 Å². The lowest BCUT2D eigenvalue weighted by molar-refractivity contribution is -0.127. The maximum Gasteiger partial charge on any atom is 0.292 e. The summed E-state index contributed by atoms with van der Waals surface area (Å²) in [7, 11) is 1.65. The van der Waals surface area contributed by atoms with Gasteiger partial charge in [0, 0.05) is 6.54 Å². The van der Waals surface area contributed by atoms with Crippen LogP contribution in [0.2, 0.25) is 0 Å². The highest BCUT2D eigenvalue weighted by molar-refractivity contribution is 7.16. The first kappa shape index (κ1) is 17.6. The first-order chi connectivity index (χ1) is 13.2. The van der Waals surface area contributed by atoms with E-state index in [4.69, 9.17) is 14.2 Å². The van der Waals surface area contributed by atoms with E-state index < -0.39 is 6.10 Å². The Bertz CT molecular complexity index is 1050. The van der Waals surface area contributed by atoms with Gasteiger partial charge in [-0.1, -0.05) is 36.5 Å². The summed E-state index contributed by atoms with van der Waals surface area (Å²) < 4.78 is 20.0. The van der Waals surface area contributed by atoms with Crippen molar-refractivity contribution in [3.8, 4) is 17.2 Å². The standard InChI is InChI=1S/C20H20N2O4S/c1-3-11-22-18-15(24-2)9-6-10-17(18)27-20(22)21-19(23)16-12-25-13-7-4-5-8-14(13)26-16/h4-10,16H,3,11-12H2,1-2H3. The van der Waals surface area contributed by atoms with E-state index in [9.17, 15) is 4.79 Å². The lowest BCUT2D eigenvalue weighted by Gasteiger charge is -2.23. The highest BCUT2D eigenvalue weighted by atomic mass is 32.1. The Labute approximate surface area is 160 Å². The van der Waals surface area contributed by atoms with Gasteiger partial charge in [0.15, 0.2) is 16.3 Å². The molecule has 4 rings (SSSR count). The Morgan fingerprint density at radius 1 is 1.26 bits per heavy atom. The monoisotopic (exact) mass is 384 g/mol. The molecule has 2 heterocycles. The number of amides is 1. The van der Waals surface area contributed by atoms with Gasteiger partial charge in [0.05, 0.1) is 11.8 Å². The second-order valence-corrected chi connectivity index (χ2v) is 7.17. The predicted molar refractivity (Wildman–Crippen MR) is 104 cm³/mol. The molecule has 0 saturated heterocycles. The number of carbonyl (C=O) groups excluding carboxylic acids is 1. The van der Waals surface area contributed by atoms with Crippen molar-refractivity contribution in [2.75, 3.05) is 13.7 Å². The molecule has 140 valence electrons. The van der Waals surface area contributed by atoms with E-state index >= 15 is 0 Å². The van der Waals surface area contributed by atoms with Crippen LogP contribution in [0.5, 0.6) is 17.2 Å². The van der Waals surface area contributed by atoms with Crippen LogP contribution in [-0.4, -0.2) is 30.3 Å². The van der Waals surface area contributed by atoms with Crippen molar-refractivity contribution in [3.05, 3.63) is 47.3 Å². The van der Waals surface area contributed by atoms with Gasteiger partial charge in [-0.25, -0.2) is 0 Å². The van der Waals surface area contributed by atoms with Crippen LogP contribution in [0.25, 0.3) is 10.2 Å². The number of ether oxygens (including phenoxy) is 3. The van der Waals surface area contributed by atoms with E-state index in [1.54, 1.807) is 13.2 Å². The van der Waals surface area contributed by atoms with E-state index in [1.165, 1.54) is 11.3 Å². The molecule has 0 spiro atoms. The minimum Gasteiger partial charge on any atom is -0.495 e. The number of hydrogen-bond acceptors (Lipinski definition) is 5. The van der Waals surface area contributed by atoms with Gasteiger partial charge in [0.2, 0.25) is 6.10 Å². The quantitative estimate of drug-likeness (QED) is 0.692. The third-order valence-corrected chi connectivity index (χ3v) is 5.36. The number of aryl methyl sites for hydroxylation is 1. The Balaban J connectivity index is 1.72. The molecule has 1 aliphatic rings. The van der Waals surface area contributed by atoms with Crippen molar-refractivity contribution in [3.63, 3.8) is 0 Å². The van der Waals surface area contributed by atoms with E-state index in [0.717, 1.165) is 28.9 Å². The maximum absolute atomic E-state index is 12.8. The third kappa shape index (κ3) is 3.30. The van der Waals surface area contributed by atoms with E-state index in [0.29, 0.717) is 16.3 Å². The minimum atomic E-state index is -0.748. The molecule has 0 bridgehead atoms. The number of para-hydroxylation sites is 3. The number of benzene rings is 2. The van der Waals surface area contributed by atoms with Crippen LogP contribution in [0.1, 0.15) is 13.3 Å². The lowest BCUT2D eigenvalue weighted by atomic mass is 10.2. The van der Waals surface area contributed by atoms with Crippen molar-refractivity contribution in [1.29, 1.82) is 0 Å². The third-order valence-electron chi connectivity index (χ3n) is 4.32. The number of nitrogens with zero attached hydrogens (tertiary/aromatic N) is 2. The summed E-state index contributed by atoms with van der Waals surface area (Å²) in [6.07, 6.45) is 0.170. The van der Waals surface area contributed by atoms with Crippen LogP contribution in [-0.2, 0) is 11.3 Å². The first-order valence-corrected chi connectivity index (χ1v) is 9.66. The maximum atomic E-state index is 12.8. The molecule has 0 N–H and O–H groups in total. The van der Waals surface area contributed by atoms with Gasteiger partial charge in [-0.2, -0.15) is 4.99 Å². The van der Waals surface area contributed by atoms with Crippen LogP contribution in [0.15, 0.2) is 47.5 Å². The Hall–Kier alpha value is -2.80. The molecular formula is C20H20N2O4S. The molecule has 3 aromatic rings. The van der Waals surface area contributed by atoms with Crippen molar-refractivity contribution < 1.29 is 19.0 Å². The fourth-order valence-electron chi connectivity index (χ4n) is 3.09. The summed E-state index contributed by atoms with van der Waals surface area (Å²) >= 11 is 1.47. The normalized spacial score (nSPS) is 16.5. The van der Waals surface area contributed by atoms with Crippen LogP contribution in [0, 0.1) is 0 Å². The van der Waals surface area contributed by atoms with Crippen LogP contribution >= 0.6 is 11.3 Å². The smallest absolute Gasteiger partial charge is 0.292 e. The van der Waals surface area contributed by atoms with E-state index in [1.807, 2.05) is 41.0 Å². The molecule has 1 amide bonds. The van der Waals surface area contributed by atoms with Crippen molar-refractivity contribution in [2.24, 2.45) is 4.99 Å². The molecule has 27 heavy (non-hydrogen) atoms. The molecule has 0 saturated carbocycles. The molecular weight excluding hydrogens is 364 g/mol. The summed E-state index contributed by atoms with van der Waals surface area (Å²) in [5.74, 6) is 1.64. The molecule has 2 aromatic carbocycles. The highest BCUT2D eigenvalue weighted by Crippen LogP contribution is 2.31. The van der Waals surface area contributed by atoms with Crippen LogP contribution in [0.3, 0.4) is 0 Å². The SMILES string of the molecule is CCCn1c(=NC(=O)C2COc3ccccc3O2)sc2cccc(OC)c21. The number of carbonyl (C=O) groups is 1. The Morgan fingerprint density at radius 3 is 2.85 bits per heavy atom. The number of thiazole rings is 1. The summed E-state index contributed by atoms with van der Waals surface area (Å²) in [5.41, 5.74) is 0.963. The fraction of sp³-hybridized carbons (Fsp3) is 0.300. The van der Waals surface area contributed by atoms with Gasteiger partial charge in [-0.05, 0) is 30.7 Å². The second kappa shape index (κ2) is 7.44. The Kier molecular flexibility index (Phi) is 4.85. The second-order valence-electron chi connectivity index (χ2n) is 6.16. The zero-order valence-electron chi connectivity index (χ0n) is 15.2. The van der Waals surface area contributed by atoms with Gasteiger partial charge < -0.3 is 18.8 Å². The molecule has 7 heteroatoms. The highest BCUT2D eigenvalue weighted by Gasteiger charge is 2.27. The molecule has 1 aromatic heterocycles. The zero-order valence-corrected chi connectivity index (χ0v) is 16.0. The summed E-state index contributed by atoms with van der Waals surface area (Å²) in [5, 5.41) is 0. The molecule has 1 unspecified atom stereocenters. The molecule has 0 radical (unpaired) electrons. The average molecular weight is 384 g/mol. The first-order valence-electron chi connectivity index (χ1n) is 8.84. The number of aromatic nitrogens is 1. The zero-order chi connectivity index (χ0) is 18.8. The van der Waals surface area contributed by atoms with Crippen molar-refractivity contribution >= 4 is 27.5 Å². The molecule has 6 nitrogen and oxygen atoms in total. The summed E-state index contributed by atoms with van der Waals surface area (Å²) in [4.78, 5) is 17.8. The van der Waals surface area contributed by atoms with Crippen LogP contribution in [0.4, 0.5) is 0 Å². The summed E-state index contributed by atoms with van der Waals surface area (Å²) in [6.45, 7) is 2.99.